The fourth-order valence-electron chi connectivity index (χ4n) is 2.54. The predicted octanol–water partition coefficient (Wildman–Crippen LogP) is 2.45. The molecule has 126 valence electrons. The third-order valence-electron chi connectivity index (χ3n) is 3.81. The number of carbonyl (C=O) groups is 1. The molecule has 0 saturated carbocycles. The van der Waals surface area contributed by atoms with Crippen LogP contribution in [0.1, 0.15) is 12.6 Å². The Balaban J connectivity index is 1.54. The second-order valence-corrected chi connectivity index (χ2v) is 5.52. The molecule has 1 N–H and O–H groups in total. The molecule has 0 saturated heterocycles. The summed E-state index contributed by atoms with van der Waals surface area (Å²) in [6.07, 6.45) is 1.53. The van der Waals surface area contributed by atoms with Crippen molar-refractivity contribution in [3.8, 4) is 11.5 Å². The van der Waals surface area contributed by atoms with Gasteiger partial charge in [-0.3, -0.25) is 4.98 Å². The van der Waals surface area contributed by atoms with Crippen molar-refractivity contribution in [2.24, 2.45) is 0 Å². The van der Waals surface area contributed by atoms with E-state index in [1.165, 1.54) is 0 Å². The van der Waals surface area contributed by atoms with E-state index in [1.807, 2.05) is 49.4 Å². The Hall–Kier alpha value is -2.76. The van der Waals surface area contributed by atoms with Crippen LogP contribution in [0.2, 0.25) is 0 Å². The van der Waals surface area contributed by atoms with E-state index in [0.717, 1.165) is 17.2 Å². The minimum absolute atomic E-state index is 0.134. The van der Waals surface area contributed by atoms with E-state index in [1.54, 1.807) is 11.1 Å². The van der Waals surface area contributed by atoms with Crippen LogP contribution >= 0.6 is 0 Å². The molecule has 1 atom stereocenters. The van der Waals surface area contributed by atoms with Gasteiger partial charge in [-0.05, 0) is 31.2 Å². The number of nitrogens with zero attached hydrogens (tertiary/aromatic N) is 2. The van der Waals surface area contributed by atoms with Gasteiger partial charge in [0.15, 0.2) is 17.6 Å². The lowest BCUT2D eigenvalue weighted by Crippen LogP contribution is -2.47. The van der Waals surface area contributed by atoms with Gasteiger partial charge >= 0.3 is 6.03 Å². The summed E-state index contributed by atoms with van der Waals surface area (Å²) in [6.45, 7) is 3.84. The minimum atomic E-state index is -0.180. The van der Waals surface area contributed by atoms with Crippen molar-refractivity contribution in [1.29, 1.82) is 0 Å². The maximum Gasteiger partial charge on any atom is 0.317 e. The Morgan fingerprint density at radius 2 is 2.04 bits per heavy atom. The Labute approximate surface area is 141 Å². The number of ether oxygens (including phenoxy) is 2. The van der Waals surface area contributed by atoms with Crippen molar-refractivity contribution >= 4 is 6.03 Å². The van der Waals surface area contributed by atoms with Crippen molar-refractivity contribution in [3.63, 3.8) is 0 Å². The minimum Gasteiger partial charge on any atom is -0.486 e. The van der Waals surface area contributed by atoms with Crippen LogP contribution in [0.5, 0.6) is 11.5 Å². The molecule has 0 bridgehead atoms. The second-order valence-electron chi connectivity index (χ2n) is 5.52. The molecule has 1 aliphatic rings. The summed E-state index contributed by atoms with van der Waals surface area (Å²) < 4.78 is 11.6. The van der Waals surface area contributed by atoms with Crippen LogP contribution in [0.3, 0.4) is 0 Å². The highest BCUT2D eigenvalue weighted by molar-refractivity contribution is 5.74. The monoisotopic (exact) mass is 327 g/mol. The molecule has 0 unspecified atom stereocenters. The van der Waals surface area contributed by atoms with Gasteiger partial charge in [0.05, 0.1) is 18.8 Å². The number of carbonyl (C=O) groups excluding carboxylic acids is 1. The van der Waals surface area contributed by atoms with Gasteiger partial charge in [0.25, 0.3) is 0 Å². The Bertz CT molecular complexity index is 678. The summed E-state index contributed by atoms with van der Waals surface area (Å²) in [5.74, 6) is 1.47. The van der Waals surface area contributed by atoms with Crippen LogP contribution in [-0.2, 0) is 6.54 Å². The summed E-state index contributed by atoms with van der Waals surface area (Å²) in [5, 5.41) is 2.89. The third kappa shape index (κ3) is 3.95. The molecule has 0 spiro atoms. The van der Waals surface area contributed by atoms with Gasteiger partial charge in [-0.1, -0.05) is 18.2 Å². The number of urea groups is 1. The van der Waals surface area contributed by atoms with E-state index in [4.69, 9.17) is 9.47 Å². The van der Waals surface area contributed by atoms with Crippen molar-refractivity contribution in [1.82, 2.24) is 15.2 Å². The summed E-state index contributed by atoms with van der Waals surface area (Å²) in [7, 11) is 0. The van der Waals surface area contributed by atoms with E-state index in [9.17, 15) is 4.79 Å². The summed E-state index contributed by atoms with van der Waals surface area (Å²) in [6, 6.07) is 13.1. The smallest absolute Gasteiger partial charge is 0.317 e. The van der Waals surface area contributed by atoms with E-state index < -0.39 is 0 Å². The fourth-order valence-corrected chi connectivity index (χ4v) is 2.54. The van der Waals surface area contributed by atoms with Crippen molar-refractivity contribution in [2.45, 2.75) is 19.6 Å². The number of aromatic nitrogens is 1. The first-order valence-corrected chi connectivity index (χ1v) is 8.07. The average molecular weight is 327 g/mol. The molecule has 1 aromatic heterocycles. The highest BCUT2D eigenvalue weighted by Gasteiger charge is 2.24. The normalized spacial score (nSPS) is 15.6. The number of amides is 2. The number of nitrogens with one attached hydrogen (secondary N) is 1. The van der Waals surface area contributed by atoms with Crippen LogP contribution in [0.25, 0.3) is 0 Å². The Morgan fingerprint density at radius 1 is 1.25 bits per heavy atom. The zero-order valence-electron chi connectivity index (χ0n) is 13.6. The summed E-state index contributed by atoms with van der Waals surface area (Å²) in [4.78, 5) is 18.3. The number of fused-ring (bicyclic) bond motifs is 1. The van der Waals surface area contributed by atoms with Crippen LogP contribution in [0, 0.1) is 0 Å². The number of pyridine rings is 1. The third-order valence-corrected chi connectivity index (χ3v) is 3.81. The molecule has 1 aromatic carbocycles. The molecule has 6 nitrogen and oxygen atoms in total. The van der Waals surface area contributed by atoms with E-state index in [-0.39, 0.29) is 12.1 Å². The zero-order valence-corrected chi connectivity index (χ0v) is 13.6. The molecule has 2 heterocycles. The van der Waals surface area contributed by atoms with Crippen LogP contribution in [0.15, 0.2) is 48.7 Å². The number of para-hydroxylation sites is 2. The van der Waals surface area contributed by atoms with Gasteiger partial charge in [0, 0.05) is 12.7 Å². The molecule has 0 fully saturated rings. The Morgan fingerprint density at radius 3 is 2.79 bits per heavy atom. The lowest BCUT2D eigenvalue weighted by Gasteiger charge is -2.30. The first kappa shape index (κ1) is 16.1. The van der Waals surface area contributed by atoms with Gasteiger partial charge in [0.1, 0.15) is 6.61 Å². The number of hydrogen-bond acceptors (Lipinski definition) is 4. The number of likely N-dealkylation sites (N-methyl/N-ethyl adjacent to an activating group) is 1. The van der Waals surface area contributed by atoms with Gasteiger partial charge in [-0.25, -0.2) is 4.79 Å². The SMILES string of the molecule is CCN(C[C@@H]1COc2ccccc2O1)C(=O)NCc1ccccn1. The Kier molecular flexibility index (Phi) is 5.15. The zero-order chi connectivity index (χ0) is 16.8. The first-order valence-electron chi connectivity index (χ1n) is 8.07. The van der Waals surface area contributed by atoms with Crippen LogP contribution in [0.4, 0.5) is 4.79 Å². The largest absolute Gasteiger partial charge is 0.486 e. The molecular formula is C18H21N3O3. The lowest BCUT2D eigenvalue weighted by molar-refractivity contribution is 0.0675. The number of rotatable bonds is 5. The molecule has 2 amide bonds. The summed E-state index contributed by atoms with van der Waals surface area (Å²) >= 11 is 0. The molecule has 24 heavy (non-hydrogen) atoms. The van der Waals surface area contributed by atoms with Gasteiger partial charge < -0.3 is 19.7 Å². The second kappa shape index (κ2) is 7.68. The number of hydrogen-bond donors (Lipinski definition) is 1. The van der Waals surface area contributed by atoms with Crippen LogP contribution in [-0.4, -0.2) is 41.7 Å². The van der Waals surface area contributed by atoms with E-state index in [0.29, 0.717) is 26.2 Å². The maximum absolute atomic E-state index is 12.4. The maximum atomic E-state index is 12.4. The average Bonchev–Trinajstić information content (AvgIpc) is 2.65. The van der Waals surface area contributed by atoms with Gasteiger partial charge in [-0.2, -0.15) is 0 Å². The lowest BCUT2D eigenvalue weighted by atomic mass is 10.2. The molecular weight excluding hydrogens is 306 g/mol. The van der Waals surface area contributed by atoms with Crippen molar-refractivity contribution in [2.75, 3.05) is 19.7 Å². The topological polar surface area (TPSA) is 63.7 Å². The highest BCUT2D eigenvalue weighted by atomic mass is 16.6. The van der Waals surface area contributed by atoms with Crippen molar-refractivity contribution in [3.05, 3.63) is 54.4 Å². The predicted molar refractivity (Wildman–Crippen MR) is 90.1 cm³/mol. The number of benzene rings is 1. The molecule has 6 heteroatoms. The van der Waals surface area contributed by atoms with E-state index >= 15 is 0 Å². The molecule has 2 aromatic rings. The quantitative estimate of drug-likeness (QED) is 0.916. The van der Waals surface area contributed by atoms with E-state index in [2.05, 4.69) is 10.3 Å². The van der Waals surface area contributed by atoms with Crippen LogP contribution < -0.4 is 14.8 Å². The molecule has 0 aliphatic carbocycles. The fraction of sp³-hybridized carbons (Fsp3) is 0.333. The first-order chi connectivity index (χ1) is 11.8. The molecule has 3 rings (SSSR count). The van der Waals surface area contributed by atoms with Gasteiger partial charge in [-0.15, -0.1) is 0 Å². The van der Waals surface area contributed by atoms with Crippen molar-refractivity contribution < 1.29 is 14.3 Å². The highest BCUT2D eigenvalue weighted by Crippen LogP contribution is 2.30. The summed E-state index contributed by atoms with van der Waals surface area (Å²) in [5.41, 5.74) is 0.827. The molecule has 1 aliphatic heterocycles. The van der Waals surface area contributed by atoms with Gasteiger partial charge in [0.2, 0.25) is 0 Å². The molecule has 0 radical (unpaired) electrons. The standard InChI is InChI=1S/C18H21N3O3/c1-2-21(18(22)20-11-14-7-5-6-10-19-14)12-15-13-23-16-8-3-4-9-17(16)24-15/h3-10,15H,2,11-13H2,1H3,(H,20,22)/t15-/m1/s1.